The Bertz CT molecular complexity index is 731. The van der Waals surface area contributed by atoms with Gasteiger partial charge in [-0.25, -0.2) is 4.39 Å². The topological polar surface area (TPSA) is 29.5 Å². The summed E-state index contributed by atoms with van der Waals surface area (Å²) in [5.41, 5.74) is -6.82. The van der Waals surface area contributed by atoms with Gasteiger partial charge in [0, 0.05) is 6.42 Å². The van der Waals surface area contributed by atoms with Crippen LogP contribution in [0.5, 0.6) is 5.75 Å². The first-order valence-corrected chi connectivity index (χ1v) is 8.41. The lowest BCUT2D eigenvalue weighted by Crippen LogP contribution is -2.83. The molecular formula is C17H15F11O2. The second kappa shape index (κ2) is 7.13. The molecule has 1 N–H and O–H groups in total. The van der Waals surface area contributed by atoms with Gasteiger partial charge in [0.15, 0.2) is 0 Å². The van der Waals surface area contributed by atoms with Crippen molar-refractivity contribution in [1.29, 1.82) is 0 Å². The van der Waals surface area contributed by atoms with Gasteiger partial charge in [-0.2, -0.15) is 43.9 Å². The second-order valence-corrected chi connectivity index (χ2v) is 6.81. The zero-order valence-electron chi connectivity index (χ0n) is 15.0. The van der Waals surface area contributed by atoms with E-state index >= 15 is 0 Å². The molecule has 30 heavy (non-hydrogen) atoms. The van der Waals surface area contributed by atoms with E-state index in [2.05, 4.69) is 0 Å². The minimum absolute atomic E-state index is 0.147. The molecule has 0 saturated heterocycles. The number of hydrogen-bond donors (Lipinski definition) is 1. The number of aliphatic hydroxyl groups excluding tert-OH is 1. The predicted molar refractivity (Wildman–Crippen MR) is 80.4 cm³/mol. The van der Waals surface area contributed by atoms with Gasteiger partial charge in [-0.15, -0.1) is 0 Å². The molecule has 1 unspecified atom stereocenters. The lowest BCUT2D eigenvalue weighted by Gasteiger charge is -2.52. The van der Waals surface area contributed by atoms with Gasteiger partial charge in [0.2, 0.25) is 0 Å². The summed E-state index contributed by atoms with van der Waals surface area (Å²) in [6.45, 7) is 1.98. The number of aliphatic hydroxyl groups is 1. The number of halogens is 11. The van der Waals surface area contributed by atoms with Crippen molar-refractivity contribution in [2.45, 2.75) is 61.2 Å². The van der Waals surface area contributed by atoms with Gasteiger partial charge in [-0.05, 0) is 24.1 Å². The lowest BCUT2D eigenvalue weighted by atomic mass is 9.69. The summed E-state index contributed by atoms with van der Waals surface area (Å²) in [6.07, 6.45) is -4.89. The van der Waals surface area contributed by atoms with Gasteiger partial charge in [0.25, 0.3) is 5.67 Å². The Morgan fingerprint density at radius 3 is 1.53 bits per heavy atom. The van der Waals surface area contributed by atoms with E-state index in [1.54, 1.807) is 6.92 Å². The molecule has 1 aliphatic carbocycles. The van der Waals surface area contributed by atoms with Crippen LogP contribution in [0.4, 0.5) is 48.3 Å². The molecule has 1 saturated carbocycles. The number of alkyl halides is 11. The zero-order valence-corrected chi connectivity index (χ0v) is 15.0. The molecule has 2 rings (SSSR count). The fourth-order valence-electron chi connectivity index (χ4n) is 2.93. The molecule has 1 fully saturated rings. The Morgan fingerprint density at radius 1 is 0.733 bits per heavy atom. The van der Waals surface area contributed by atoms with E-state index in [1.807, 2.05) is 0 Å². The standard InChI is InChI=1S/C17H15F11O2/c1-2-7-30-10-5-3-9(4-6-10)11(29)8-12(18)13(19,20)15(23,24)17(27,28)16(25,26)14(12,21)22/h3-6,11,29H,2,7-8H2,1H3. The van der Waals surface area contributed by atoms with E-state index in [4.69, 9.17) is 4.74 Å². The first-order chi connectivity index (χ1) is 13.4. The Morgan fingerprint density at radius 2 is 1.13 bits per heavy atom. The van der Waals surface area contributed by atoms with Gasteiger partial charge in [-0.1, -0.05) is 19.1 Å². The van der Waals surface area contributed by atoms with Crippen molar-refractivity contribution in [3.63, 3.8) is 0 Å². The molecule has 0 bridgehead atoms. The van der Waals surface area contributed by atoms with Crippen LogP contribution in [-0.2, 0) is 0 Å². The average Bonchev–Trinajstić information content (AvgIpc) is 2.64. The molecule has 2 nitrogen and oxygen atoms in total. The summed E-state index contributed by atoms with van der Waals surface area (Å²) < 4.78 is 156. The van der Waals surface area contributed by atoms with Crippen LogP contribution in [0.1, 0.15) is 31.4 Å². The normalized spacial score (nSPS) is 26.0. The van der Waals surface area contributed by atoms with E-state index in [0.717, 1.165) is 24.3 Å². The SMILES string of the molecule is CCCOc1ccc(C(O)CC2(F)C(F)(F)C(F)(F)C(F)(F)C(F)(F)C2(F)F)cc1. The third-order valence-electron chi connectivity index (χ3n) is 4.79. The highest BCUT2D eigenvalue weighted by atomic mass is 19.4. The number of hydrogen-bond acceptors (Lipinski definition) is 2. The van der Waals surface area contributed by atoms with Crippen LogP contribution in [-0.4, -0.2) is 47.0 Å². The molecule has 1 atom stereocenters. The monoisotopic (exact) mass is 460 g/mol. The highest BCUT2D eigenvalue weighted by molar-refractivity contribution is 5.31. The molecule has 13 heteroatoms. The summed E-state index contributed by atoms with van der Waals surface area (Å²) in [6, 6.07) is 3.85. The maximum absolute atomic E-state index is 14.7. The summed E-state index contributed by atoms with van der Waals surface area (Å²) in [4.78, 5) is 0. The number of rotatable bonds is 6. The molecule has 1 aliphatic rings. The molecule has 0 spiro atoms. The van der Waals surface area contributed by atoms with Gasteiger partial charge in [0.1, 0.15) is 5.75 Å². The molecule has 1 aromatic carbocycles. The lowest BCUT2D eigenvalue weighted by molar-refractivity contribution is -0.487. The smallest absolute Gasteiger partial charge is 0.384 e. The summed E-state index contributed by atoms with van der Waals surface area (Å²) in [5.74, 6) is -35.4. The summed E-state index contributed by atoms with van der Waals surface area (Å²) in [5, 5.41) is 9.82. The highest BCUT2D eigenvalue weighted by Gasteiger charge is 3.00. The van der Waals surface area contributed by atoms with Gasteiger partial charge in [-0.3, -0.25) is 0 Å². The maximum atomic E-state index is 14.7. The molecule has 1 aromatic rings. The summed E-state index contributed by atoms with van der Waals surface area (Å²) >= 11 is 0. The summed E-state index contributed by atoms with van der Waals surface area (Å²) in [7, 11) is 0. The van der Waals surface area contributed by atoms with Crippen molar-refractivity contribution in [2.24, 2.45) is 0 Å². The zero-order chi connectivity index (χ0) is 23.4. The fourth-order valence-corrected chi connectivity index (χ4v) is 2.93. The predicted octanol–water partition coefficient (Wildman–Crippen LogP) is 5.80. The van der Waals surface area contributed by atoms with Crippen LogP contribution in [0, 0.1) is 0 Å². The van der Waals surface area contributed by atoms with Crippen LogP contribution in [0.2, 0.25) is 0 Å². The largest absolute Gasteiger partial charge is 0.494 e. The second-order valence-electron chi connectivity index (χ2n) is 6.81. The number of benzene rings is 1. The highest BCUT2D eigenvalue weighted by Crippen LogP contribution is 2.70. The molecular weight excluding hydrogens is 445 g/mol. The fraction of sp³-hybridized carbons (Fsp3) is 0.647. The minimum atomic E-state index is -7.27. The molecule has 172 valence electrons. The van der Waals surface area contributed by atoms with Crippen molar-refractivity contribution in [1.82, 2.24) is 0 Å². The first kappa shape index (κ1) is 24.5. The molecule has 0 amide bonds. The third kappa shape index (κ3) is 2.94. The van der Waals surface area contributed by atoms with Crippen LogP contribution in [0.25, 0.3) is 0 Å². The Labute approximate surface area is 162 Å². The molecule has 0 aromatic heterocycles. The van der Waals surface area contributed by atoms with E-state index in [0.29, 0.717) is 6.42 Å². The van der Waals surface area contributed by atoms with E-state index in [-0.39, 0.29) is 12.4 Å². The first-order valence-electron chi connectivity index (χ1n) is 8.41. The number of ether oxygens (including phenoxy) is 1. The maximum Gasteiger partial charge on any atom is 0.384 e. The quantitative estimate of drug-likeness (QED) is 0.544. The van der Waals surface area contributed by atoms with Gasteiger partial charge in [0.05, 0.1) is 12.7 Å². The van der Waals surface area contributed by atoms with Crippen molar-refractivity contribution < 1.29 is 58.1 Å². The van der Waals surface area contributed by atoms with Crippen LogP contribution in [0.15, 0.2) is 24.3 Å². The Hall–Kier alpha value is -1.79. The average molecular weight is 460 g/mol. The third-order valence-corrected chi connectivity index (χ3v) is 4.79. The van der Waals surface area contributed by atoms with Crippen molar-refractivity contribution in [2.75, 3.05) is 6.61 Å². The van der Waals surface area contributed by atoms with Crippen molar-refractivity contribution in [3.8, 4) is 5.75 Å². The Kier molecular flexibility index (Phi) is 5.82. The van der Waals surface area contributed by atoms with Crippen molar-refractivity contribution in [3.05, 3.63) is 29.8 Å². The minimum Gasteiger partial charge on any atom is -0.494 e. The van der Waals surface area contributed by atoms with Gasteiger partial charge < -0.3 is 9.84 Å². The van der Waals surface area contributed by atoms with Crippen LogP contribution in [0.3, 0.4) is 0 Å². The van der Waals surface area contributed by atoms with Crippen LogP contribution < -0.4 is 4.74 Å². The van der Waals surface area contributed by atoms with Gasteiger partial charge >= 0.3 is 29.6 Å². The van der Waals surface area contributed by atoms with E-state index in [1.165, 1.54) is 0 Å². The van der Waals surface area contributed by atoms with Crippen LogP contribution >= 0.6 is 0 Å². The molecule has 0 heterocycles. The molecule has 0 aliphatic heterocycles. The van der Waals surface area contributed by atoms with E-state index in [9.17, 15) is 53.4 Å². The van der Waals surface area contributed by atoms with E-state index < -0.39 is 53.4 Å². The molecule has 0 radical (unpaired) electrons. The van der Waals surface area contributed by atoms with Crippen molar-refractivity contribution >= 4 is 0 Å². The Balaban J connectivity index is 2.47.